The van der Waals surface area contributed by atoms with E-state index in [1.165, 1.54) is 6.33 Å². The van der Waals surface area contributed by atoms with Crippen molar-refractivity contribution in [1.29, 1.82) is 0 Å². The standard InChI is InChI=1S/C13H10IN5O2/c14-9-5-19(8-3-1-2-7(15)4-8)12-10(9)11(16-6-17-12)18-13(20)21/h1-6H,15H2,(H,20,21)(H,16,17,18). The second-order valence-electron chi connectivity index (χ2n) is 4.29. The molecule has 0 unspecified atom stereocenters. The van der Waals surface area contributed by atoms with Gasteiger partial charge in [-0.3, -0.25) is 9.88 Å². The number of nitrogens with two attached hydrogens (primary N) is 1. The van der Waals surface area contributed by atoms with Crippen LogP contribution in [0, 0.1) is 3.57 Å². The van der Waals surface area contributed by atoms with Crippen LogP contribution in [0.5, 0.6) is 0 Å². The van der Waals surface area contributed by atoms with Crippen molar-refractivity contribution in [2.75, 3.05) is 11.1 Å². The van der Waals surface area contributed by atoms with Crippen molar-refractivity contribution in [2.45, 2.75) is 0 Å². The van der Waals surface area contributed by atoms with Crippen molar-refractivity contribution in [2.24, 2.45) is 0 Å². The highest BCUT2D eigenvalue weighted by Crippen LogP contribution is 2.29. The van der Waals surface area contributed by atoms with Gasteiger partial charge in [0.2, 0.25) is 0 Å². The van der Waals surface area contributed by atoms with Crippen LogP contribution in [0.25, 0.3) is 16.7 Å². The number of anilines is 2. The number of amides is 1. The van der Waals surface area contributed by atoms with Crippen LogP contribution in [0.4, 0.5) is 16.3 Å². The molecule has 3 rings (SSSR count). The molecule has 0 atom stereocenters. The van der Waals surface area contributed by atoms with E-state index in [0.29, 0.717) is 16.7 Å². The minimum Gasteiger partial charge on any atom is -0.465 e. The predicted octanol–water partition coefficient (Wildman–Crippen LogP) is 2.70. The minimum atomic E-state index is -1.16. The maximum atomic E-state index is 10.8. The molecular weight excluding hydrogens is 385 g/mol. The first-order chi connectivity index (χ1) is 10.1. The van der Waals surface area contributed by atoms with Gasteiger partial charge in [-0.15, -0.1) is 0 Å². The summed E-state index contributed by atoms with van der Waals surface area (Å²) in [4.78, 5) is 19.1. The summed E-state index contributed by atoms with van der Waals surface area (Å²) in [7, 11) is 0. The molecule has 4 N–H and O–H groups in total. The smallest absolute Gasteiger partial charge is 0.410 e. The number of rotatable bonds is 2. The molecule has 7 nitrogen and oxygen atoms in total. The third kappa shape index (κ3) is 2.49. The van der Waals surface area contributed by atoms with E-state index < -0.39 is 6.09 Å². The number of hydrogen-bond acceptors (Lipinski definition) is 4. The summed E-state index contributed by atoms with van der Waals surface area (Å²) >= 11 is 2.12. The predicted molar refractivity (Wildman–Crippen MR) is 87.6 cm³/mol. The quantitative estimate of drug-likeness (QED) is 0.457. The molecule has 0 saturated heterocycles. The molecule has 1 amide bonds. The molecule has 106 valence electrons. The van der Waals surface area contributed by atoms with E-state index in [1.807, 2.05) is 29.0 Å². The third-order valence-corrected chi connectivity index (χ3v) is 3.73. The molecule has 0 radical (unpaired) electrons. The Labute approximate surface area is 133 Å². The molecule has 0 saturated carbocycles. The molecule has 0 aliphatic rings. The summed E-state index contributed by atoms with van der Waals surface area (Å²) in [6.07, 6.45) is 2.02. The second kappa shape index (κ2) is 5.20. The van der Waals surface area contributed by atoms with Gasteiger partial charge in [-0.2, -0.15) is 0 Å². The van der Waals surface area contributed by atoms with Crippen molar-refractivity contribution < 1.29 is 9.90 Å². The number of carbonyl (C=O) groups is 1. The van der Waals surface area contributed by atoms with Gasteiger partial charge in [0.25, 0.3) is 0 Å². The van der Waals surface area contributed by atoms with Crippen molar-refractivity contribution in [3.8, 4) is 5.69 Å². The number of aromatic nitrogens is 3. The fraction of sp³-hybridized carbons (Fsp3) is 0. The fourth-order valence-corrected chi connectivity index (χ4v) is 2.86. The largest absolute Gasteiger partial charge is 0.465 e. The zero-order valence-electron chi connectivity index (χ0n) is 10.6. The first kappa shape index (κ1) is 13.6. The number of benzene rings is 1. The zero-order valence-corrected chi connectivity index (χ0v) is 12.8. The monoisotopic (exact) mass is 395 g/mol. The molecule has 2 heterocycles. The Balaban J connectivity index is 2.25. The average Bonchev–Trinajstić information content (AvgIpc) is 2.77. The summed E-state index contributed by atoms with van der Waals surface area (Å²) in [5.74, 6) is 0.263. The molecule has 2 aromatic heterocycles. The summed E-state index contributed by atoms with van der Waals surface area (Å²) in [5.41, 5.74) is 7.91. The molecule has 8 heteroatoms. The third-order valence-electron chi connectivity index (χ3n) is 2.91. The van der Waals surface area contributed by atoms with Crippen molar-refractivity contribution in [1.82, 2.24) is 14.5 Å². The number of nitrogens with one attached hydrogen (secondary N) is 1. The van der Waals surface area contributed by atoms with Crippen molar-refractivity contribution >= 4 is 51.2 Å². The van der Waals surface area contributed by atoms with Crippen LogP contribution in [0.3, 0.4) is 0 Å². The minimum absolute atomic E-state index is 0.263. The van der Waals surface area contributed by atoms with Gasteiger partial charge in [-0.25, -0.2) is 14.8 Å². The van der Waals surface area contributed by atoms with E-state index in [9.17, 15) is 4.79 Å². The summed E-state index contributed by atoms with van der Waals surface area (Å²) in [5, 5.41) is 11.8. The maximum Gasteiger partial charge on any atom is 0.410 e. The SMILES string of the molecule is Nc1cccc(-n2cc(I)c3c(NC(=O)O)ncnc32)c1. The van der Waals surface area contributed by atoms with Gasteiger partial charge in [0.1, 0.15) is 12.1 Å². The van der Waals surface area contributed by atoms with Crippen LogP contribution >= 0.6 is 22.6 Å². The van der Waals surface area contributed by atoms with Gasteiger partial charge in [0, 0.05) is 21.1 Å². The van der Waals surface area contributed by atoms with Gasteiger partial charge in [0.05, 0.1) is 5.39 Å². The molecule has 0 spiro atoms. The van der Waals surface area contributed by atoms with Crippen molar-refractivity contribution in [3.05, 3.63) is 40.4 Å². The Morgan fingerprint density at radius 3 is 2.90 bits per heavy atom. The summed E-state index contributed by atoms with van der Waals surface area (Å²) in [6, 6.07) is 7.37. The second-order valence-corrected chi connectivity index (χ2v) is 5.46. The first-order valence-corrected chi connectivity index (χ1v) is 7.01. The number of carboxylic acid groups (broad SMARTS) is 1. The van der Waals surface area contributed by atoms with Gasteiger partial charge in [-0.05, 0) is 40.8 Å². The van der Waals surface area contributed by atoms with Crippen molar-refractivity contribution in [3.63, 3.8) is 0 Å². The lowest BCUT2D eigenvalue weighted by molar-refractivity contribution is 0.209. The van der Waals surface area contributed by atoms with Crippen LogP contribution in [-0.4, -0.2) is 25.7 Å². The lowest BCUT2D eigenvalue weighted by atomic mass is 10.3. The lowest BCUT2D eigenvalue weighted by Crippen LogP contribution is -2.09. The van der Waals surface area contributed by atoms with Gasteiger partial charge < -0.3 is 10.8 Å². The number of nitrogen functional groups attached to an aromatic ring is 1. The topological polar surface area (TPSA) is 106 Å². The van der Waals surface area contributed by atoms with E-state index in [-0.39, 0.29) is 5.82 Å². The first-order valence-electron chi connectivity index (χ1n) is 5.93. The van der Waals surface area contributed by atoms with E-state index in [4.69, 9.17) is 10.8 Å². The number of nitrogens with zero attached hydrogens (tertiary/aromatic N) is 3. The maximum absolute atomic E-state index is 10.8. The Bertz CT molecular complexity index is 846. The van der Waals surface area contributed by atoms with Crippen LogP contribution < -0.4 is 11.1 Å². The van der Waals surface area contributed by atoms with Crippen LogP contribution in [0.15, 0.2) is 36.8 Å². The summed E-state index contributed by atoms with van der Waals surface area (Å²) in [6.45, 7) is 0. The lowest BCUT2D eigenvalue weighted by Gasteiger charge is -2.06. The molecule has 3 aromatic rings. The van der Waals surface area contributed by atoms with E-state index >= 15 is 0 Å². The Morgan fingerprint density at radius 1 is 1.38 bits per heavy atom. The Hall–Kier alpha value is -2.36. The molecule has 0 fully saturated rings. The van der Waals surface area contributed by atoms with Gasteiger partial charge in [0.15, 0.2) is 5.65 Å². The van der Waals surface area contributed by atoms with E-state index in [2.05, 4.69) is 37.9 Å². The highest BCUT2D eigenvalue weighted by molar-refractivity contribution is 14.1. The Morgan fingerprint density at radius 2 is 2.19 bits per heavy atom. The van der Waals surface area contributed by atoms with Gasteiger partial charge >= 0.3 is 6.09 Å². The molecule has 0 aliphatic heterocycles. The van der Waals surface area contributed by atoms with Gasteiger partial charge in [-0.1, -0.05) is 6.07 Å². The number of fused-ring (bicyclic) bond motifs is 1. The van der Waals surface area contributed by atoms with E-state index in [1.54, 1.807) is 6.07 Å². The number of halogens is 1. The zero-order chi connectivity index (χ0) is 15.0. The molecular formula is C13H10IN5O2. The summed E-state index contributed by atoms with van der Waals surface area (Å²) < 4.78 is 2.69. The Kier molecular flexibility index (Phi) is 3.37. The normalized spacial score (nSPS) is 10.7. The van der Waals surface area contributed by atoms with Crippen LogP contribution in [-0.2, 0) is 0 Å². The number of hydrogen-bond donors (Lipinski definition) is 3. The average molecular weight is 395 g/mol. The molecule has 0 aliphatic carbocycles. The molecule has 21 heavy (non-hydrogen) atoms. The van der Waals surface area contributed by atoms with Crippen LogP contribution in [0.2, 0.25) is 0 Å². The van der Waals surface area contributed by atoms with Crippen LogP contribution in [0.1, 0.15) is 0 Å². The fourth-order valence-electron chi connectivity index (χ4n) is 2.09. The molecule has 0 bridgehead atoms. The highest BCUT2D eigenvalue weighted by atomic mass is 127. The van der Waals surface area contributed by atoms with E-state index in [0.717, 1.165) is 9.26 Å². The highest BCUT2D eigenvalue weighted by Gasteiger charge is 2.15. The molecule has 1 aromatic carbocycles.